The second kappa shape index (κ2) is 8.87. The maximum atomic E-state index is 11.9. The molecule has 1 aromatic carbocycles. The van der Waals surface area contributed by atoms with Crippen LogP contribution in [-0.2, 0) is 9.53 Å². The maximum Gasteiger partial charge on any atom is 0.252 e. The van der Waals surface area contributed by atoms with Crippen molar-refractivity contribution in [3.05, 3.63) is 34.3 Å². The number of hydrogen-bond donors (Lipinski definition) is 2. The van der Waals surface area contributed by atoms with E-state index in [1.165, 1.54) is 0 Å². The van der Waals surface area contributed by atoms with E-state index in [-0.39, 0.29) is 18.4 Å². The number of ether oxygens (including phenoxy) is 1. The zero-order valence-corrected chi connectivity index (χ0v) is 13.9. The molecule has 2 N–H and O–H groups in total. The van der Waals surface area contributed by atoms with Gasteiger partial charge in [-0.05, 0) is 28.1 Å². The smallest absolute Gasteiger partial charge is 0.252 e. The van der Waals surface area contributed by atoms with Crippen LogP contribution < -0.4 is 10.6 Å². The highest BCUT2D eigenvalue weighted by Crippen LogP contribution is 2.15. The van der Waals surface area contributed by atoms with Crippen molar-refractivity contribution in [3.8, 4) is 0 Å². The van der Waals surface area contributed by atoms with E-state index >= 15 is 0 Å². The summed E-state index contributed by atoms with van der Waals surface area (Å²) in [6.07, 6.45) is 0. The van der Waals surface area contributed by atoms with Crippen LogP contribution in [0.2, 0.25) is 0 Å². The van der Waals surface area contributed by atoms with Gasteiger partial charge in [0.15, 0.2) is 0 Å². The SMILES string of the molecule is O=C(CNC(=O)c1ccccc1Br)NCCN1CCOCC1. The van der Waals surface area contributed by atoms with Crippen LogP contribution in [0, 0.1) is 0 Å². The van der Waals surface area contributed by atoms with Crippen molar-refractivity contribution >= 4 is 27.7 Å². The molecule has 1 heterocycles. The molecular formula is C15H20BrN3O3. The Labute approximate surface area is 138 Å². The molecule has 0 aromatic heterocycles. The molecule has 0 spiro atoms. The third kappa shape index (κ3) is 5.40. The first-order chi connectivity index (χ1) is 10.7. The number of amides is 2. The molecule has 0 atom stereocenters. The lowest BCUT2D eigenvalue weighted by atomic mass is 10.2. The van der Waals surface area contributed by atoms with E-state index in [4.69, 9.17) is 4.74 Å². The van der Waals surface area contributed by atoms with E-state index in [1.807, 2.05) is 6.07 Å². The average molecular weight is 370 g/mol. The molecule has 22 heavy (non-hydrogen) atoms. The Morgan fingerprint density at radius 2 is 1.91 bits per heavy atom. The van der Waals surface area contributed by atoms with Crippen LogP contribution in [0.4, 0.5) is 0 Å². The van der Waals surface area contributed by atoms with Crippen LogP contribution >= 0.6 is 15.9 Å². The van der Waals surface area contributed by atoms with Gasteiger partial charge in [-0.25, -0.2) is 0 Å². The van der Waals surface area contributed by atoms with Crippen molar-refractivity contribution in [1.29, 1.82) is 0 Å². The predicted molar refractivity (Wildman–Crippen MR) is 86.7 cm³/mol. The van der Waals surface area contributed by atoms with Crippen molar-refractivity contribution < 1.29 is 14.3 Å². The summed E-state index contributed by atoms with van der Waals surface area (Å²) < 4.78 is 5.97. The van der Waals surface area contributed by atoms with E-state index < -0.39 is 0 Å². The van der Waals surface area contributed by atoms with E-state index in [2.05, 4.69) is 31.5 Å². The van der Waals surface area contributed by atoms with E-state index in [0.717, 1.165) is 32.8 Å². The quantitative estimate of drug-likeness (QED) is 0.771. The van der Waals surface area contributed by atoms with Gasteiger partial charge in [0.05, 0.1) is 25.3 Å². The fraction of sp³-hybridized carbons (Fsp3) is 0.467. The summed E-state index contributed by atoms with van der Waals surface area (Å²) in [5.41, 5.74) is 0.517. The summed E-state index contributed by atoms with van der Waals surface area (Å²) in [7, 11) is 0. The Kier molecular flexibility index (Phi) is 6.82. The number of carbonyl (C=O) groups excluding carboxylic acids is 2. The molecule has 0 aliphatic carbocycles. The highest BCUT2D eigenvalue weighted by atomic mass is 79.9. The van der Waals surface area contributed by atoms with Gasteiger partial charge in [-0.2, -0.15) is 0 Å². The van der Waals surface area contributed by atoms with E-state index in [9.17, 15) is 9.59 Å². The molecule has 2 rings (SSSR count). The van der Waals surface area contributed by atoms with Crippen molar-refractivity contribution in [3.63, 3.8) is 0 Å². The zero-order chi connectivity index (χ0) is 15.8. The second-order valence-corrected chi connectivity index (χ2v) is 5.82. The highest BCUT2D eigenvalue weighted by Gasteiger charge is 2.12. The van der Waals surface area contributed by atoms with Crippen LogP contribution in [0.5, 0.6) is 0 Å². The van der Waals surface area contributed by atoms with Gasteiger partial charge in [0, 0.05) is 30.7 Å². The number of nitrogens with one attached hydrogen (secondary N) is 2. The van der Waals surface area contributed by atoms with Crippen LogP contribution in [0.25, 0.3) is 0 Å². The molecule has 1 aliphatic rings. The molecule has 1 aromatic rings. The zero-order valence-electron chi connectivity index (χ0n) is 12.3. The van der Waals surface area contributed by atoms with Gasteiger partial charge in [0.25, 0.3) is 5.91 Å². The molecule has 6 nitrogen and oxygen atoms in total. The minimum absolute atomic E-state index is 0.0245. The lowest BCUT2D eigenvalue weighted by Gasteiger charge is -2.26. The molecule has 120 valence electrons. The molecule has 7 heteroatoms. The number of morpholine rings is 1. The second-order valence-electron chi connectivity index (χ2n) is 4.97. The van der Waals surface area contributed by atoms with Crippen molar-refractivity contribution in [1.82, 2.24) is 15.5 Å². The molecule has 1 saturated heterocycles. The first kappa shape index (κ1) is 16.9. The monoisotopic (exact) mass is 369 g/mol. The van der Waals surface area contributed by atoms with E-state index in [1.54, 1.807) is 18.2 Å². The minimum Gasteiger partial charge on any atom is -0.379 e. The summed E-state index contributed by atoms with van der Waals surface area (Å²) in [6.45, 7) is 4.63. The Bertz CT molecular complexity index is 519. The number of rotatable bonds is 6. The van der Waals surface area contributed by atoms with Crippen LogP contribution in [0.1, 0.15) is 10.4 Å². The summed E-state index contributed by atoms with van der Waals surface area (Å²) in [6, 6.07) is 7.11. The third-order valence-corrected chi connectivity index (χ3v) is 4.07. The number of halogens is 1. The third-order valence-electron chi connectivity index (χ3n) is 3.38. The summed E-state index contributed by atoms with van der Waals surface area (Å²) >= 11 is 3.31. The fourth-order valence-corrected chi connectivity index (χ4v) is 2.61. The maximum absolute atomic E-state index is 11.9. The number of carbonyl (C=O) groups is 2. The van der Waals surface area contributed by atoms with Crippen molar-refractivity contribution in [2.45, 2.75) is 0 Å². The Balaban J connectivity index is 1.65. The van der Waals surface area contributed by atoms with Gasteiger partial charge in [-0.1, -0.05) is 12.1 Å². The molecule has 2 amide bonds. The van der Waals surface area contributed by atoms with Gasteiger partial charge in [-0.15, -0.1) is 0 Å². The molecular weight excluding hydrogens is 350 g/mol. The van der Waals surface area contributed by atoms with Crippen LogP contribution in [0.3, 0.4) is 0 Å². The van der Waals surface area contributed by atoms with Gasteiger partial charge in [0.2, 0.25) is 5.91 Å². The summed E-state index contributed by atoms with van der Waals surface area (Å²) in [5.74, 6) is -0.454. The predicted octanol–water partition coefficient (Wildman–Crippen LogP) is 0.627. The molecule has 0 saturated carbocycles. The fourth-order valence-electron chi connectivity index (χ4n) is 2.14. The Hall–Kier alpha value is -1.44. The number of hydrogen-bond acceptors (Lipinski definition) is 4. The topological polar surface area (TPSA) is 70.7 Å². The average Bonchev–Trinajstić information content (AvgIpc) is 2.54. The van der Waals surface area contributed by atoms with E-state index in [0.29, 0.717) is 16.6 Å². The number of benzene rings is 1. The van der Waals surface area contributed by atoms with Crippen molar-refractivity contribution in [2.75, 3.05) is 45.9 Å². The largest absolute Gasteiger partial charge is 0.379 e. The van der Waals surface area contributed by atoms with Gasteiger partial charge >= 0.3 is 0 Å². The molecule has 1 aliphatic heterocycles. The van der Waals surface area contributed by atoms with Crippen molar-refractivity contribution in [2.24, 2.45) is 0 Å². The lowest BCUT2D eigenvalue weighted by Crippen LogP contribution is -2.43. The standard InChI is InChI=1S/C15H20BrN3O3/c16-13-4-2-1-3-12(13)15(21)18-11-14(20)17-5-6-19-7-9-22-10-8-19/h1-4H,5-11H2,(H,17,20)(H,18,21). The van der Waals surface area contributed by atoms with Crippen LogP contribution in [0.15, 0.2) is 28.7 Å². The summed E-state index contributed by atoms with van der Waals surface area (Å²) in [4.78, 5) is 25.9. The Morgan fingerprint density at radius 3 is 2.64 bits per heavy atom. The number of nitrogens with zero attached hydrogens (tertiary/aromatic N) is 1. The molecule has 1 fully saturated rings. The first-order valence-electron chi connectivity index (χ1n) is 7.26. The highest BCUT2D eigenvalue weighted by molar-refractivity contribution is 9.10. The lowest BCUT2D eigenvalue weighted by molar-refractivity contribution is -0.120. The molecule has 0 radical (unpaired) electrons. The molecule has 0 bridgehead atoms. The molecule has 0 unspecified atom stereocenters. The van der Waals surface area contributed by atoms with Gasteiger partial charge in [-0.3, -0.25) is 14.5 Å². The Morgan fingerprint density at radius 1 is 1.18 bits per heavy atom. The minimum atomic E-state index is -0.268. The van der Waals surface area contributed by atoms with Gasteiger partial charge in [0.1, 0.15) is 0 Å². The first-order valence-corrected chi connectivity index (χ1v) is 8.05. The van der Waals surface area contributed by atoms with Gasteiger partial charge < -0.3 is 15.4 Å². The summed E-state index contributed by atoms with van der Waals surface area (Å²) in [5, 5.41) is 5.42. The van der Waals surface area contributed by atoms with Crippen LogP contribution in [-0.4, -0.2) is 62.7 Å². The normalized spacial score (nSPS) is 15.3.